The van der Waals surface area contributed by atoms with E-state index in [2.05, 4.69) is 6.07 Å². The van der Waals surface area contributed by atoms with E-state index in [4.69, 9.17) is 15.3 Å². The van der Waals surface area contributed by atoms with Gasteiger partial charge in [0, 0.05) is 17.7 Å². The maximum absolute atomic E-state index is 9.47. The lowest BCUT2D eigenvalue weighted by molar-refractivity contribution is -0.671. The first-order valence-electron chi connectivity index (χ1n) is 8.06. The molecule has 0 spiro atoms. The number of aromatic nitrogens is 1. The zero-order valence-electron chi connectivity index (χ0n) is 15.0. The lowest BCUT2D eigenvalue weighted by Crippen LogP contribution is -2.25. The highest BCUT2D eigenvalue weighted by atomic mass is 16.5. The summed E-state index contributed by atoms with van der Waals surface area (Å²) in [4.78, 5) is 0. The molecule has 5 nitrogen and oxygen atoms in total. The number of rotatable bonds is 4. The van der Waals surface area contributed by atoms with Crippen LogP contribution in [0.25, 0.3) is 6.08 Å². The van der Waals surface area contributed by atoms with E-state index < -0.39 is 11.5 Å². The minimum Gasteiger partial charge on any atom is -0.484 e. The van der Waals surface area contributed by atoms with E-state index in [1.165, 1.54) is 0 Å². The smallest absolute Gasteiger partial charge is 0.191 e. The van der Waals surface area contributed by atoms with Gasteiger partial charge in [0.2, 0.25) is 0 Å². The van der Waals surface area contributed by atoms with E-state index in [0.29, 0.717) is 5.57 Å². The van der Waals surface area contributed by atoms with E-state index >= 15 is 0 Å². The molecule has 0 aromatic carbocycles. The number of hydrogen-bond donors (Lipinski definition) is 0. The molecule has 0 saturated carbocycles. The summed E-state index contributed by atoms with van der Waals surface area (Å²) in [5, 5.41) is 27.6. The van der Waals surface area contributed by atoms with Crippen LogP contribution < -0.4 is 4.57 Å². The number of ether oxygens (including phenoxy) is 1. The van der Waals surface area contributed by atoms with Gasteiger partial charge in [-0.15, -0.1) is 0 Å². The predicted molar refractivity (Wildman–Crippen MR) is 96.4 cm³/mol. The Balaban J connectivity index is 2.24. The topological polar surface area (TPSA) is 84.5 Å². The van der Waals surface area contributed by atoms with Crippen molar-refractivity contribution in [1.82, 2.24) is 0 Å². The summed E-state index contributed by atoms with van der Waals surface area (Å²) in [6.07, 6.45) is 13.3. The molecule has 5 heteroatoms. The van der Waals surface area contributed by atoms with E-state index in [1.807, 2.05) is 86.4 Å². The van der Waals surface area contributed by atoms with E-state index in [-0.39, 0.29) is 11.3 Å². The zero-order chi connectivity index (χ0) is 19.2. The normalized spacial score (nSPS) is 17.5. The Morgan fingerprint density at radius 2 is 1.73 bits per heavy atom. The third kappa shape index (κ3) is 4.07. The highest BCUT2D eigenvalue weighted by Crippen LogP contribution is 2.41. The Morgan fingerprint density at radius 3 is 2.31 bits per heavy atom. The van der Waals surface area contributed by atoms with Crippen molar-refractivity contribution in [3.05, 3.63) is 71.3 Å². The molecule has 2 heterocycles. The molecule has 0 atom stereocenters. The lowest BCUT2D eigenvalue weighted by atomic mass is 9.92. The van der Waals surface area contributed by atoms with Crippen molar-refractivity contribution in [3.8, 4) is 18.2 Å². The van der Waals surface area contributed by atoms with Gasteiger partial charge in [0.1, 0.15) is 24.5 Å². The number of allylic oxidation sites excluding steroid dienone is 5. The number of aryl methyl sites for hydroxylation is 1. The lowest BCUT2D eigenvalue weighted by Gasteiger charge is -2.21. The van der Waals surface area contributed by atoms with Crippen molar-refractivity contribution < 1.29 is 9.30 Å². The van der Waals surface area contributed by atoms with Gasteiger partial charge < -0.3 is 4.74 Å². The van der Waals surface area contributed by atoms with Crippen LogP contribution in [0, 0.1) is 39.9 Å². The van der Waals surface area contributed by atoms with Crippen LogP contribution in [-0.2, 0) is 11.8 Å². The zero-order valence-corrected chi connectivity index (χ0v) is 15.0. The first kappa shape index (κ1) is 18.7. The second-order valence-electron chi connectivity index (χ2n) is 6.28. The van der Waals surface area contributed by atoms with Crippen LogP contribution in [-0.4, -0.2) is 5.60 Å². The molecule has 1 aromatic heterocycles. The second kappa shape index (κ2) is 7.97. The third-order valence-electron chi connectivity index (χ3n) is 3.94. The molecule has 0 unspecified atom stereocenters. The molecular weight excluding hydrogens is 324 g/mol. The number of pyridine rings is 1. The molecule has 0 radical (unpaired) electrons. The van der Waals surface area contributed by atoms with Crippen LogP contribution in [0.1, 0.15) is 19.4 Å². The van der Waals surface area contributed by atoms with E-state index in [0.717, 1.165) is 5.56 Å². The van der Waals surface area contributed by atoms with Gasteiger partial charge in [-0.3, -0.25) is 0 Å². The largest absolute Gasteiger partial charge is 0.484 e. The van der Waals surface area contributed by atoms with Crippen molar-refractivity contribution in [3.63, 3.8) is 0 Å². The quantitative estimate of drug-likeness (QED) is 0.620. The first-order valence-corrected chi connectivity index (χ1v) is 8.06. The molecule has 1 aliphatic heterocycles. The maximum Gasteiger partial charge on any atom is 0.191 e. The van der Waals surface area contributed by atoms with Crippen molar-refractivity contribution in [2.24, 2.45) is 13.0 Å². The molecule has 1 aliphatic rings. The van der Waals surface area contributed by atoms with Crippen molar-refractivity contribution in [2.75, 3.05) is 0 Å². The van der Waals surface area contributed by atoms with Gasteiger partial charge in [0.15, 0.2) is 18.3 Å². The SMILES string of the molecule is C[n+]1ccc(C=CC=CC=C2C(C#N)=C(C(C#N)C#N)OC2(C)C)cc1. The van der Waals surface area contributed by atoms with Crippen LogP contribution in [0.2, 0.25) is 0 Å². The summed E-state index contributed by atoms with van der Waals surface area (Å²) in [5.74, 6) is -0.951. The van der Waals surface area contributed by atoms with E-state index in [9.17, 15) is 5.26 Å². The summed E-state index contributed by atoms with van der Waals surface area (Å²) in [6, 6.07) is 9.80. The average molecular weight is 343 g/mol. The molecule has 128 valence electrons. The molecule has 0 saturated heterocycles. The maximum atomic E-state index is 9.47. The van der Waals surface area contributed by atoms with Crippen molar-refractivity contribution in [2.45, 2.75) is 19.4 Å². The minimum atomic E-state index is -1.09. The van der Waals surface area contributed by atoms with Crippen LogP contribution in [0.4, 0.5) is 0 Å². The number of nitriles is 3. The highest BCUT2D eigenvalue weighted by molar-refractivity contribution is 5.56. The molecule has 0 amide bonds. The third-order valence-corrected chi connectivity index (χ3v) is 3.94. The standard InChI is InChI=1S/C21H19N4O/c1-21(2)19(18(15-24)20(26-21)17(13-22)14-23)8-6-4-5-7-16-9-11-25(3)12-10-16/h4-12,17H,1-3H3/q+1. The predicted octanol–water partition coefficient (Wildman–Crippen LogP) is 3.26. The number of hydrogen-bond acceptors (Lipinski definition) is 4. The van der Waals surface area contributed by atoms with Gasteiger partial charge in [0.25, 0.3) is 0 Å². The average Bonchev–Trinajstić information content (AvgIpc) is 2.87. The minimum absolute atomic E-state index is 0.134. The Labute approximate surface area is 153 Å². The summed E-state index contributed by atoms with van der Waals surface area (Å²) in [6.45, 7) is 3.62. The van der Waals surface area contributed by atoms with Gasteiger partial charge >= 0.3 is 0 Å². The molecule has 0 bridgehead atoms. The van der Waals surface area contributed by atoms with Crippen molar-refractivity contribution >= 4 is 6.08 Å². The van der Waals surface area contributed by atoms with Gasteiger partial charge in [-0.1, -0.05) is 30.4 Å². The summed E-state index contributed by atoms with van der Waals surface area (Å²) < 4.78 is 7.70. The monoisotopic (exact) mass is 343 g/mol. The molecule has 0 aliphatic carbocycles. The first-order chi connectivity index (χ1) is 12.4. The summed E-state index contributed by atoms with van der Waals surface area (Å²) in [7, 11) is 1.96. The molecule has 0 fully saturated rings. The number of nitrogens with zero attached hydrogens (tertiary/aromatic N) is 4. The Morgan fingerprint density at radius 1 is 1.08 bits per heavy atom. The van der Waals surface area contributed by atoms with Gasteiger partial charge in [-0.2, -0.15) is 15.8 Å². The highest BCUT2D eigenvalue weighted by Gasteiger charge is 2.40. The van der Waals surface area contributed by atoms with Crippen LogP contribution in [0.5, 0.6) is 0 Å². The second-order valence-corrected chi connectivity index (χ2v) is 6.28. The van der Waals surface area contributed by atoms with Gasteiger partial charge in [-0.25, -0.2) is 4.57 Å². The molecular formula is C21H19N4O+. The molecule has 2 rings (SSSR count). The molecule has 1 aromatic rings. The fraction of sp³-hybridized carbons (Fsp3) is 0.238. The van der Waals surface area contributed by atoms with Gasteiger partial charge in [-0.05, 0) is 19.4 Å². The fourth-order valence-electron chi connectivity index (χ4n) is 2.57. The summed E-state index contributed by atoms with van der Waals surface area (Å²) in [5.41, 5.74) is 1.22. The van der Waals surface area contributed by atoms with Gasteiger partial charge in [0.05, 0.1) is 17.7 Å². The van der Waals surface area contributed by atoms with E-state index in [1.54, 1.807) is 6.08 Å². The Kier molecular flexibility index (Phi) is 5.74. The fourth-order valence-corrected chi connectivity index (χ4v) is 2.57. The van der Waals surface area contributed by atoms with Crippen LogP contribution in [0.15, 0.2) is 65.7 Å². The van der Waals surface area contributed by atoms with Crippen LogP contribution >= 0.6 is 0 Å². The Hall–Kier alpha value is -3.62. The molecule has 26 heavy (non-hydrogen) atoms. The van der Waals surface area contributed by atoms with Crippen LogP contribution in [0.3, 0.4) is 0 Å². The molecule has 0 N–H and O–H groups in total. The Bertz CT molecular complexity index is 912. The summed E-state index contributed by atoms with van der Waals surface area (Å²) >= 11 is 0. The van der Waals surface area contributed by atoms with Crippen molar-refractivity contribution in [1.29, 1.82) is 15.8 Å².